The van der Waals surface area contributed by atoms with E-state index in [4.69, 9.17) is 22.1 Å². The Hall–Kier alpha value is -1.03. The van der Waals surface area contributed by atoms with Gasteiger partial charge in [-0.05, 0) is 37.6 Å². The third-order valence-corrected chi connectivity index (χ3v) is 3.93. The molecule has 0 spiro atoms. The van der Waals surface area contributed by atoms with Gasteiger partial charge in [-0.3, -0.25) is 0 Å². The number of aryl methyl sites for hydroxylation is 1. The van der Waals surface area contributed by atoms with Crippen molar-refractivity contribution in [2.45, 2.75) is 26.0 Å². The highest BCUT2D eigenvalue weighted by Gasteiger charge is 2.21. The van der Waals surface area contributed by atoms with E-state index >= 15 is 0 Å². The molecule has 2 rings (SSSR count). The third kappa shape index (κ3) is 3.54. The summed E-state index contributed by atoms with van der Waals surface area (Å²) >= 11 is 9.71. The molecule has 2 atom stereocenters. The average Bonchev–Trinajstić information content (AvgIpc) is 2.40. The molecule has 20 heavy (non-hydrogen) atoms. The second-order valence-corrected chi connectivity index (χ2v) is 6.15. The second-order valence-electron chi connectivity index (χ2n) is 4.83. The highest BCUT2D eigenvalue weighted by Crippen LogP contribution is 2.32. The van der Waals surface area contributed by atoms with Crippen LogP contribution in [0.2, 0.25) is 5.02 Å². The van der Waals surface area contributed by atoms with Crippen molar-refractivity contribution >= 4 is 27.5 Å². The van der Waals surface area contributed by atoms with Crippen LogP contribution in [0, 0.1) is 6.92 Å². The number of ether oxygens (including phenoxy) is 1. The summed E-state index contributed by atoms with van der Waals surface area (Å²) in [6.07, 6.45) is -0.281. The first-order valence-corrected chi connectivity index (χ1v) is 7.59. The van der Waals surface area contributed by atoms with Crippen LogP contribution in [0.1, 0.15) is 24.2 Å². The fourth-order valence-electron chi connectivity index (χ4n) is 2.00. The van der Waals surface area contributed by atoms with E-state index in [1.807, 2.05) is 56.3 Å². The zero-order valence-corrected chi connectivity index (χ0v) is 13.8. The Balaban J connectivity index is 2.36. The maximum absolute atomic E-state index is 6.26. The van der Waals surface area contributed by atoms with Crippen molar-refractivity contribution in [1.82, 2.24) is 0 Å². The second kappa shape index (κ2) is 6.61. The molecule has 0 aliphatic rings. The molecule has 0 bridgehead atoms. The predicted molar refractivity (Wildman–Crippen MR) is 87.3 cm³/mol. The molecule has 2 nitrogen and oxygen atoms in total. The van der Waals surface area contributed by atoms with Crippen molar-refractivity contribution in [2.24, 2.45) is 5.73 Å². The molecule has 0 aliphatic carbocycles. The molecule has 0 saturated carbocycles. The van der Waals surface area contributed by atoms with Gasteiger partial charge in [-0.1, -0.05) is 51.8 Å². The number of nitrogens with two attached hydrogens (primary N) is 1. The minimum atomic E-state index is -0.281. The maximum atomic E-state index is 6.26. The maximum Gasteiger partial charge on any atom is 0.140 e. The van der Waals surface area contributed by atoms with Gasteiger partial charge in [0.15, 0.2) is 0 Å². The van der Waals surface area contributed by atoms with Gasteiger partial charge in [-0.25, -0.2) is 0 Å². The number of rotatable bonds is 4. The number of hydrogen-bond acceptors (Lipinski definition) is 2. The van der Waals surface area contributed by atoms with Crippen LogP contribution in [0.3, 0.4) is 0 Å². The summed E-state index contributed by atoms with van der Waals surface area (Å²) in [5.41, 5.74) is 8.05. The van der Waals surface area contributed by atoms with E-state index in [0.717, 1.165) is 21.3 Å². The van der Waals surface area contributed by atoms with Crippen molar-refractivity contribution in [1.29, 1.82) is 0 Å². The predicted octanol–water partition coefficient (Wildman–Crippen LogP) is 4.88. The molecule has 0 saturated heterocycles. The van der Waals surface area contributed by atoms with Crippen LogP contribution < -0.4 is 10.5 Å². The molecule has 0 heterocycles. The van der Waals surface area contributed by atoms with Crippen molar-refractivity contribution in [3.05, 3.63) is 63.1 Å². The van der Waals surface area contributed by atoms with Gasteiger partial charge in [0.2, 0.25) is 0 Å². The molecule has 0 aliphatic heterocycles. The van der Waals surface area contributed by atoms with Gasteiger partial charge >= 0.3 is 0 Å². The monoisotopic (exact) mass is 353 g/mol. The normalized spacial score (nSPS) is 13.8. The van der Waals surface area contributed by atoms with Crippen LogP contribution >= 0.6 is 27.5 Å². The van der Waals surface area contributed by atoms with Crippen LogP contribution in [0.4, 0.5) is 0 Å². The Labute approximate surface area is 133 Å². The van der Waals surface area contributed by atoms with E-state index in [2.05, 4.69) is 15.9 Å². The largest absolute Gasteiger partial charge is 0.484 e. The molecular formula is C16H17BrClNO. The molecular weight excluding hydrogens is 338 g/mol. The number of hydrogen-bond donors (Lipinski definition) is 1. The molecule has 2 aromatic rings. The zero-order valence-electron chi connectivity index (χ0n) is 11.4. The molecule has 2 aromatic carbocycles. The van der Waals surface area contributed by atoms with Gasteiger partial charge in [-0.2, -0.15) is 0 Å². The summed E-state index contributed by atoms with van der Waals surface area (Å²) in [7, 11) is 0. The minimum Gasteiger partial charge on any atom is -0.484 e. The Kier molecular flexibility index (Phi) is 5.08. The van der Waals surface area contributed by atoms with E-state index in [1.165, 1.54) is 0 Å². The van der Waals surface area contributed by atoms with E-state index < -0.39 is 0 Å². The first-order chi connectivity index (χ1) is 9.49. The van der Waals surface area contributed by atoms with Crippen molar-refractivity contribution in [2.75, 3.05) is 0 Å². The summed E-state index contributed by atoms with van der Waals surface area (Å²) in [5.74, 6) is 0.807. The van der Waals surface area contributed by atoms with Gasteiger partial charge in [0.25, 0.3) is 0 Å². The molecule has 0 fully saturated rings. The van der Waals surface area contributed by atoms with Crippen LogP contribution in [-0.4, -0.2) is 6.04 Å². The summed E-state index contributed by atoms with van der Waals surface area (Å²) in [6.45, 7) is 3.92. The molecule has 2 unspecified atom stereocenters. The fraction of sp³-hybridized carbons (Fsp3) is 0.250. The lowest BCUT2D eigenvalue weighted by Crippen LogP contribution is -2.29. The minimum absolute atomic E-state index is 0.173. The average molecular weight is 355 g/mol. The van der Waals surface area contributed by atoms with Crippen molar-refractivity contribution < 1.29 is 4.74 Å². The quantitative estimate of drug-likeness (QED) is 0.849. The fourth-order valence-corrected chi connectivity index (χ4v) is 2.58. The smallest absolute Gasteiger partial charge is 0.140 e. The third-order valence-electron chi connectivity index (χ3n) is 3.09. The van der Waals surface area contributed by atoms with Gasteiger partial charge in [0.1, 0.15) is 11.9 Å². The van der Waals surface area contributed by atoms with E-state index in [-0.39, 0.29) is 12.1 Å². The topological polar surface area (TPSA) is 35.2 Å². The number of halogens is 2. The first-order valence-electron chi connectivity index (χ1n) is 6.42. The highest BCUT2D eigenvalue weighted by molar-refractivity contribution is 9.10. The summed E-state index contributed by atoms with van der Waals surface area (Å²) < 4.78 is 7.09. The van der Waals surface area contributed by atoms with Crippen molar-refractivity contribution in [3.63, 3.8) is 0 Å². The molecule has 0 aromatic heterocycles. The van der Waals surface area contributed by atoms with Gasteiger partial charge in [0, 0.05) is 21.1 Å². The van der Waals surface area contributed by atoms with E-state index in [9.17, 15) is 0 Å². The standard InChI is InChI=1S/C16H17BrClNO/c1-10-7-8-12(17)9-15(10)20-16(11(2)19)13-5-3-4-6-14(13)18/h3-9,11,16H,19H2,1-2H3. The van der Waals surface area contributed by atoms with Crippen LogP contribution in [0.25, 0.3) is 0 Å². The van der Waals surface area contributed by atoms with Crippen molar-refractivity contribution in [3.8, 4) is 5.75 Å². The van der Waals surface area contributed by atoms with Crippen LogP contribution in [0.15, 0.2) is 46.9 Å². The zero-order chi connectivity index (χ0) is 14.7. The van der Waals surface area contributed by atoms with Gasteiger partial charge in [0.05, 0.1) is 0 Å². The van der Waals surface area contributed by atoms with Gasteiger partial charge in [-0.15, -0.1) is 0 Å². The highest BCUT2D eigenvalue weighted by atomic mass is 79.9. The number of benzene rings is 2. The van der Waals surface area contributed by atoms with Gasteiger partial charge < -0.3 is 10.5 Å². The summed E-state index contributed by atoms with van der Waals surface area (Å²) in [5, 5.41) is 0.669. The molecule has 0 amide bonds. The summed E-state index contributed by atoms with van der Waals surface area (Å²) in [4.78, 5) is 0. The Bertz CT molecular complexity index is 601. The van der Waals surface area contributed by atoms with Crippen LogP contribution in [0.5, 0.6) is 5.75 Å². The molecule has 2 N–H and O–H groups in total. The van der Waals surface area contributed by atoms with E-state index in [0.29, 0.717) is 5.02 Å². The summed E-state index contributed by atoms with van der Waals surface area (Å²) in [6, 6.07) is 13.4. The lowest BCUT2D eigenvalue weighted by atomic mass is 10.0. The lowest BCUT2D eigenvalue weighted by Gasteiger charge is -2.25. The SMILES string of the molecule is Cc1ccc(Br)cc1OC(c1ccccc1Cl)C(C)N. The van der Waals surface area contributed by atoms with E-state index in [1.54, 1.807) is 0 Å². The lowest BCUT2D eigenvalue weighted by molar-refractivity contribution is 0.179. The first kappa shape index (κ1) is 15.4. The molecule has 106 valence electrons. The Morgan fingerprint density at radius 3 is 2.55 bits per heavy atom. The van der Waals surface area contributed by atoms with Crippen LogP contribution in [-0.2, 0) is 0 Å². The Morgan fingerprint density at radius 1 is 1.20 bits per heavy atom. The molecule has 4 heteroatoms. The molecule has 0 radical (unpaired) electrons. The Morgan fingerprint density at radius 2 is 1.90 bits per heavy atom.